The Morgan fingerprint density at radius 3 is 2.60 bits per heavy atom. The summed E-state index contributed by atoms with van der Waals surface area (Å²) in [6.07, 6.45) is 7.15. The Balaban J connectivity index is 1.31. The van der Waals surface area contributed by atoms with Crippen molar-refractivity contribution in [3.8, 4) is 17.0 Å². The zero-order chi connectivity index (χ0) is 16.8. The molecule has 0 N–H and O–H groups in total. The molecule has 0 aliphatic carbocycles. The van der Waals surface area contributed by atoms with E-state index < -0.39 is 0 Å². The monoisotopic (exact) mass is 350 g/mol. The molecular weight excluding hydrogens is 328 g/mol. The maximum Gasteiger partial charge on any atom is 0.213 e. The molecule has 0 radical (unpaired) electrons. The number of piperidine rings is 1. The van der Waals surface area contributed by atoms with Crippen LogP contribution in [0.4, 0.5) is 0 Å². The number of rotatable bonds is 3. The molecule has 4 heteroatoms. The van der Waals surface area contributed by atoms with Crippen molar-refractivity contribution >= 4 is 21.4 Å². The third kappa shape index (κ3) is 2.83. The summed E-state index contributed by atoms with van der Waals surface area (Å²) >= 11 is 1.78. The zero-order valence-electron chi connectivity index (χ0n) is 14.4. The van der Waals surface area contributed by atoms with Crippen LogP contribution in [0.15, 0.2) is 48.0 Å². The number of nitrogens with zero attached hydrogens (tertiary/aromatic N) is 2. The Morgan fingerprint density at radius 1 is 1.04 bits per heavy atom. The minimum absolute atomic E-state index is 0.314. The van der Waals surface area contributed by atoms with Gasteiger partial charge in [-0.2, -0.15) is 0 Å². The molecule has 5 rings (SSSR count). The number of ether oxygens (including phenoxy) is 1. The molecule has 2 aliphatic heterocycles. The number of benzene rings is 1. The fraction of sp³-hybridized carbons (Fsp3) is 0.381. The molecule has 2 atom stereocenters. The highest BCUT2D eigenvalue weighted by molar-refractivity contribution is 7.17. The normalized spacial score (nSPS) is 26.2. The first kappa shape index (κ1) is 15.4. The van der Waals surface area contributed by atoms with Crippen LogP contribution in [0.5, 0.6) is 5.88 Å². The van der Waals surface area contributed by atoms with Gasteiger partial charge in [0.25, 0.3) is 0 Å². The van der Waals surface area contributed by atoms with Gasteiger partial charge in [-0.3, -0.25) is 0 Å². The predicted molar refractivity (Wildman–Crippen MR) is 103 cm³/mol. The molecule has 0 amide bonds. The molecular formula is C21H22N2OS. The summed E-state index contributed by atoms with van der Waals surface area (Å²) in [5.74, 6) is 0.759. The van der Waals surface area contributed by atoms with Gasteiger partial charge in [0.2, 0.25) is 5.88 Å². The lowest BCUT2D eigenvalue weighted by atomic mass is 10.0. The van der Waals surface area contributed by atoms with Crippen molar-refractivity contribution in [2.75, 3.05) is 7.05 Å². The van der Waals surface area contributed by atoms with Crippen molar-refractivity contribution in [3.63, 3.8) is 0 Å². The molecule has 0 saturated carbocycles. The van der Waals surface area contributed by atoms with Crippen LogP contribution in [-0.4, -0.2) is 35.1 Å². The molecule has 25 heavy (non-hydrogen) atoms. The number of pyridine rings is 1. The van der Waals surface area contributed by atoms with Gasteiger partial charge in [-0.1, -0.05) is 6.07 Å². The summed E-state index contributed by atoms with van der Waals surface area (Å²) in [4.78, 5) is 7.11. The van der Waals surface area contributed by atoms with E-state index in [1.807, 2.05) is 12.3 Å². The van der Waals surface area contributed by atoms with Crippen molar-refractivity contribution in [2.45, 2.75) is 43.9 Å². The second-order valence-electron chi connectivity index (χ2n) is 7.32. The van der Waals surface area contributed by atoms with E-state index >= 15 is 0 Å². The Morgan fingerprint density at radius 2 is 1.84 bits per heavy atom. The van der Waals surface area contributed by atoms with E-state index in [0.717, 1.165) is 24.3 Å². The van der Waals surface area contributed by atoms with Gasteiger partial charge in [-0.15, -0.1) is 11.3 Å². The minimum Gasteiger partial charge on any atom is -0.474 e. The molecule has 3 aromatic rings. The summed E-state index contributed by atoms with van der Waals surface area (Å²) in [6.45, 7) is 0. The molecule has 2 aliphatic rings. The lowest BCUT2D eigenvalue weighted by molar-refractivity contribution is 0.0633. The largest absolute Gasteiger partial charge is 0.474 e. The van der Waals surface area contributed by atoms with E-state index in [1.54, 1.807) is 11.3 Å². The van der Waals surface area contributed by atoms with Gasteiger partial charge >= 0.3 is 0 Å². The molecule has 128 valence electrons. The first-order valence-electron chi connectivity index (χ1n) is 9.08. The van der Waals surface area contributed by atoms with Gasteiger partial charge in [0.05, 0.1) is 0 Å². The van der Waals surface area contributed by atoms with Crippen molar-refractivity contribution in [1.82, 2.24) is 9.88 Å². The average Bonchev–Trinajstić information content (AvgIpc) is 3.16. The molecule has 2 saturated heterocycles. The molecule has 2 bridgehead atoms. The van der Waals surface area contributed by atoms with Gasteiger partial charge in [0, 0.05) is 34.6 Å². The lowest BCUT2D eigenvalue weighted by Gasteiger charge is -2.36. The predicted octanol–water partition coefficient (Wildman–Crippen LogP) is 4.97. The highest BCUT2D eigenvalue weighted by Gasteiger charge is 2.39. The number of aromatic nitrogens is 1. The number of hydrogen-bond acceptors (Lipinski definition) is 4. The standard InChI is InChI=1S/C21H22N2OS/c1-23-17-4-5-18(23)12-19(11-17)24-21-7-3-16(13-22-21)14-2-6-20-15(10-14)8-9-25-20/h2-3,6-10,13,17-19H,4-5,11-12H2,1H3. The second kappa shape index (κ2) is 6.11. The molecule has 4 heterocycles. The Hall–Kier alpha value is -1.91. The van der Waals surface area contributed by atoms with E-state index in [4.69, 9.17) is 4.74 Å². The Labute approximate surface area is 152 Å². The number of thiophene rings is 1. The van der Waals surface area contributed by atoms with E-state index in [1.165, 1.54) is 28.5 Å². The third-order valence-electron chi connectivity index (χ3n) is 5.86. The van der Waals surface area contributed by atoms with Crippen LogP contribution in [-0.2, 0) is 0 Å². The lowest BCUT2D eigenvalue weighted by Crippen LogP contribution is -2.43. The summed E-state index contributed by atoms with van der Waals surface area (Å²) < 4.78 is 7.52. The van der Waals surface area contributed by atoms with E-state index in [2.05, 4.69) is 52.6 Å². The number of fused-ring (bicyclic) bond motifs is 3. The number of hydrogen-bond donors (Lipinski definition) is 0. The van der Waals surface area contributed by atoms with Crippen LogP contribution in [0.25, 0.3) is 21.2 Å². The zero-order valence-corrected chi connectivity index (χ0v) is 15.2. The van der Waals surface area contributed by atoms with Crippen molar-refractivity contribution < 1.29 is 4.74 Å². The quantitative estimate of drug-likeness (QED) is 0.667. The molecule has 2 aromatic heterocycles. The van der Waals surface area contributed by atoms with Gasteiger partial charge < -0.3 is 9.64 Å². The smallest absolute Gasteiger partial charge is 0.213 e. The second-order valence-corrected chi connectivity index (χ2v) is 8.27. The summed E-state index contributed by atoms with van der Waals surface area (Å²) in [6, 6.07) is 14.3. The van der Waals surface area contributed by atoms with Gasteiger partial charge in [-0.05, 0) is 73.3 Å². The van der Waals surface area contributed by atoms with E-state index in [0.29, 0.717) is 18.2 Å². The van der Waals surface area contributed by atoms with Crippen LogP contribution in [0.2, 0.25) is 0 Å². The van der Waals surface area contributed by atoms with Crippen LogP contribution >= 0.6 is 11.3 Å². The maximum absolute atomic E-state index is 6.20. The van der Waals surface area contributed by atoms with Gasteiger partial charge in [0.1, 0.15) is 6.10 Å². The molecule has 2 fully saturated rings. The third-order valence-corrected chi connectivity index (χ3v) is 6.76. The highest BCUT2D eigenvalue weighted by atomic mass is 32.1. The van der Waals surface area contributed by atoms with Crippen LogP contribution in [0.3, 0.4) is 0 Å². The minimum atomic E-state index is 0.314. The van der Waals surface area contributed by atoms with Gasteiger partial charge in [-0.25, -0.2) is 4.98 Å². The van der Waals surface area contributed by atoms with E-state index in [9.17, 15) is 0 Å². The average molecular weight is 350 g/mol. The summed E-state index contributed by atoms with van der Waals surface area (Å²) in [7, 11) is 2.26. The Kier molecular flexibility index (Phi) is 3.75. The molecule has 0 spiro atoms. The molecule has 1 aromatic carbocycles. The Bertz CT molecular complexity index is 874. The van der Waals surface area contributed by atoms with Gasteiger partial charge in [0.15, 0.2) is 0 Å². The van der Waals surface area contributed by atoms with Crippen molar-refractivity contribution in [2.24, 2.45) is 0 Å². The topological polar surface area (TPSA) is 25.4 Å². The maximum atomic E-state index is 6.20. The van der Waals surface area contributed by atoms with Crippen molar-refractivity contribution in [1.29, 1.82) is 0 Å². The SMILES string of the molecule is CN1C2CCC1CC(Oc1ccc(-c3ccc4sccc4c3)cn1)C2. The van der Waals surface area contributed by atoms with E-state index in [-0.39, 0.29) is 0 Å². The van der Waals surface area contributed by atoms with Crippen LogP contribution in [0, 0.1) is 0 Å². The summed E-state index contributed by atoms with van der Waals surface area (Å²) in [5.41, 5.74) is 2.35. The first-order chi connectivity index (χ1) is 12.3. The van der Waals surface area contributed by atoms with Crippen LogP contribution < -0.4 is 4.74 Å². The fourth-order valence-electron chi connectivity index (χ4n) is 4.40. The highest BCUT2D eigenvalue weighted by Crippen LogP contribution is 2.36. The molecule has 2 unspecified atom stereocenters. The molecule has 3 nitrogen and oxygen atoms in total. The van der Waals surface area contributed by atoms with Crippen molar-refractivity contribution in [3.05, 3.63) is 48.0 Å². The summed E-state index contributed by atoms with van der Waals surface area (Å²) in [5, 5.41) is 3.43. The van der Waals surface area contributed by atoms with Crippen LogP contribution in [0.1, 0.15) is 25.7 Å². The fourth-order valence-corrected chi connectivity index (χ4v) is 5.17. The first-order valence-corrected chi connectivity index (χ1v) is 9.96.